The Bertz CT molecular complexity index is 2540. The predicted molar refractivity (Wildman–Crippen MR) is 194 cm³/mol. The van der Waals surface area contributed by atoms with Gasteiger partial charge in [-0.15, -0.1) is 11.3 Å². The number of thiophene rings is 1. The van der Waals surface area contributed by atoms with Gasteiger partial charge in [0.25, 0.3) is 0 Å². The third-order valence-corrected chi connectivity index (χ3v) is 10.3. The molecule has 5 heteroatoms. The Morgan fingerprint density at radius 3 is 1.83 bits per heavy atom. The summed E-state index contributed by atoms with van der Waals surface area (Å²) < 4.78 is 14.0. The van der Waals surface area contributed by atoms with Crippen LogP contribution in [0.25, 0.3) is 71.2 Å². The van der Waals surface area contributed by atoms with E-state index in [1.807, 2.05) is 35.6 Å². The summed E-state index contributed by atoms with van der Waals surface area (Å²) in [5, 5.41) is 9.21. The van der Waals surface area contributed by atoms with Gasteiger partial charge in [-0.3, -0.25) is 0 Å². The molecule has 9 aromatic rings. The Labute approximate surface area is 268 Å². The molecule has 1 aliphatic rings. The van der Waals surface area contributed by atoms with E-state index in [9.17, 15) is 0 Å². The Balaban J connectivity index is 1.21. The molecule has 1 aliphatic heterocycles. The number of rotatable bonds is 4. The van der Waals surface area contributed by atoms with Gasteiger partial charge in [-0.1, -0.05) is 84.9 Å². The largest absolute Gasteiger partial charge is 0.456 e. The molecule has 0 aliphatic carbocycles. The predicted octanol–water partition coefficient (Wildman–Crippen LogP) is 12.3. The minimum absolute atomic E-state index is 0.862. The van der Waals surface area contributed by atoms with Gasteiger partial charge >= 0.3 is 0 Å². The number of fused-ring (bicyclic) bond motifs is 9. The molecule has 0 atom stereocenters. The number of hydrogen-bond donors (Lipinski definition) is 1. The van der Waals surface area contributed by atoms with Gasteiger partial charge in [-0.05, 0) is 65.7 Å². The topological polar surface area (TPSA) is 41.6 Å². The molecular formula is C41H26N2O2S. The number of hydrogen-bond acceptors (Lipinski definition) is 5. The molecule has 218 valence electrons. The maximum atomic E-state index is 6.36. The normalized spacial score (nSPS) is 12.8. The Morgan fingerprint density at radius 2 is 1.15 bits per heavy atom. The molecule has 6 aromatic carbocycles. The van der Waals surface area contributed by atoms with Gasteiger partial charge in [-0.2, -0.15) is 0 Å². The molecule has 1 N–H and O–H groups in total. The summed E-state index contributed by atoms with van der Waals surface area (Å²) in [5.74, 6) is 0. The van der Waals surface area contributed by atoms with Crippen molar-refractivity contribution in [2.24, 2.45) is 0 Å². The van der Waals surface area contributed by atoms with Crippen LogP contribution in [0.15, 0.2) is 142 Å². The lowest BCUT2D eigenvalue weighted by Gasteiger charge is -2.27. The summed E-state index contributed by atoms with van der Waals surface area (Å²) in [6.07, 6.45) is 4.43. The monoisotopic (exact) mass is 610 g/mol. The minimum Gasteiger partial charge on any atom is -0.456 e. The quantitative estimate of drug-likeness (QED) is 0.215. The molecule has 0 fully saturated rings. The van der Waals surface area contributed by atoms with E-state index < -0.39 is 0 Å². The molecule has 0 amide bonds. The summed E-state index contributed by atoms with van der Waals surface area (Å²) in [4.78, 5) is 3.65. The SMILES string of the molecule is C1=Cc2sc3c(-c4ccc(N(c5cccc6oc7ccccc7c56)c5cccc6oc7ccccc7c56)cc4)cccc3c2NC1. The maximum absolute atomic E-state index is 6.36. The van der Waals surface area contributed by atoms with Crippen LogP contribution in [0.1, 0.15) is 4.88 Å². The lowest BCUT2D eigenvalue weighted by molar-refractivity contribution is 0.668. The first-order valence-electron chi connectivity index (χ1n) is 15.5. The van der Waals surface area contributed by atoms with Gasteiger partial charge in [0.05, 0.1) is 32.7 Å². The van der Waals surface area contributed by atoms with Crippen molar-refractivity contribution < 1.29 is 8.83 Å². The second kappa shape index (κ2) is 9.86. The van der Waals surface area contributed by atoms with E-state index >= 15 is 0 Å². The molecule has 0 saturated carbocycles. The highest BCUT2D eigenvalue weighted by molar-refractivity contribution is 7.21. The van der Waals surface area contributed by atoms with E-state index in [0.29, 0.717) is 0 Å². The zero-order valence-corrected chi connectivity index (χ0v) is 25.5. The number of para-hydroxylation sites is 2. The molecule has 3 aromatic heterocycles. The average Bonchev–Trinajstić information content (AvgIpc) is 3.80. The number of furan rings is 2. The highest BCUT2D eigenvalue weighted by atomic mass is 32.1. The van der Waals surface area contributed by atoms with Gasteiger partial charge in [-0.25, -0.2) is 0 Å². The lowest BCUT2D eigenvalue weighted by atomic mass is 10.0. The Kier molecular flexibility index (Phi) is 5.47. The van der Waals surface area contributed by atoms with Crippen LogP contribution in [0.3, 0.4) is 0 Å². The zero-order valence-electron chi connectivity index (χ0n) is 24.7. The Hall–Kier alpha value is -5.78. The van der Waals surface area contributed by atoms with Crippen molar-refractivity contribution in [2.75, 3.05) is 16.8 Å². The highest BCUT2D eigenvalue weighted by Gasteiger charge is 2.23. The first-order chi connectivity index (χ1) is 22.8. The Morgan fingerprint density at radius 1 is 0.565 bits per heavy atom. The van der Waals surface area contributed by atoms with Crippen LogP contribution in [-0.2, 0) is 0 Å². The molecule has 4 heterocycles. The number of nitrogens with one attached hydrogen (secondary N) is 1. The molecule has 46 heavy (non-hydrogen) atoms. The molecule has 0 saturated heterocycles. The van der Waals surface area contributed by atoms with Crippen LogP contribution in [0, 0.1) is 0 Å². The fourth-order valence-electron chi connectivity index (χ4n) is 7.07. The van der Waals surface area contributed by atoms with Gasteiger partial charge in [0.1, 0.15) is 22.3 Å². The lowest BCUT2D eigenvalue weighted by Crippen LogP contribution is -2.10. The van der Waals surface area contributed by atoms with Gasteiger partial charge in [0.15, 0.2) is 0 Å². The molecule has 0 radical (unpaired) electrons. The van der Waals surface area contributed by atoms with E-state index in [1.54, 1.807) is 0 Å². The fraction of sp³-hybridized carbons (Fsp3) is 0.0244. The van der Waals surface area contributed by atoms with Crippen molar-refractivity contribution >= 4 is 94.1 Å². The smallest absolute Gasteiger partial charge is 0.137 e. The van der Waals surface area contributed by atoms with Crippen LogP contribution in [-0.4, -0.2) is 6.54 Å². The molecule has 0 bridgehead atoms. The highest BCUT2D eigenvalue weighted by Crippen LogP contribution is 2.48. The van der Waals surface area contributed by atoms with E-state index in [-0.39, 0.29) is 0 Å². The van der Waals surface area contributed by atoms with Crippen LogP contribution in [0.4, 0.5) is 22.7 Å². The second-order valence-electron chi connectivity index (χ2n) is 11.7. The van der Waals surface area contributed by atoms with E-state index in [1.165, 1.54) is 31.8 Å². The first kappa shape index (κ1) is 25.5. The summed E-state index contributed by atoms with van der Waals surface area (Å²) in [6.45, 7) is 0.866. The van der Waals surface area contributed by atoms with E-state index in [4.69, 9.17) is 8.83 Å². The first-order valence-corrected chi connectivity index (χ1v) is 16.3. The number of nitrogens with zero attached hydrogens (tertiary/aromatic N) is 1. The molecule has 10 rings (SSSR count). The third kappa shape index (κ3) is 3.73. The van der Waals surface area contributed by atoms with Crippen LogP contribution in [0.2, 0.25) is 0 Å². The van der Waals surface area contributed by atoms with Crippen molar-refractivity contribution in [3.63, 3.8) is 0 Å². The summed E-state index contributed by atoms with van der Waals surface area (Å²) in [6, 6.07) is 44.8. The maximum Gasteiger partial charge on any atom is 0.137 e. The van der Waals surface area contributed by atoms with Crippen LogP contribution >= 0.6 is 11.3 Å². The van der Waals surface area contributed by atoms with Crippen molar-refractivity contribution in [2.45, 2.75) is 0 Å². The fourth-order valence-corrected chi connectivity index (χ4v) is 8.32. The van der Waals surface area contributed by atoms with E-state index in [2.05, 4.69) is 125 Å². The van der Waals surface area contributed by atoms with Gasteiger partial charge in [0, 0.05) is 33.1 Å². The molecular weight excluding hydrogens is 585 g/mol. The summed E-state index contributed by atoms with van der Waals surface area (Å²) in [7, 11) is 0. The van der Waals surface area contributed by atoms with Crippen molar-refractivity contribution in [1.29, 1.82) is 0 Å². The van der Waals surface area contributed by atoms with E-state index in [0.717, 1.165) is 67.5 Å². The molecule has 0 spiro atoms. The second-order valence-corrected chi connectivity index (χ2v) is 12.7. The van der Waals surface area contributed by atoms with Gasteiger partial charge < -0.3 is 19.1 Å². The zero-order chi connectivity index (χ0) is 30.2. The van der Waals surface area contributed by atoms with Crippen LogP contribution in [0.5, 0.6) is 0 Å². The number of benzene rings is 6. The van der Waals surface area contributed by atoms with Crippen molar-refractivity contribution in [1.82, 2.24) is 0 Å². The molecule has 4 nitrogen and oxygen atoms in total. The molecule has 0 unspecified atom stereocenters. The van der Waals surface area contributed by atoms with Crippen LogP contribution < -0.4 is 10.2 Å². The van der Waals surface area contributed by atoms with Crippen molar-refractivity contribution in [3.8, 4) is 11.1 Å². The third-order valence-electron chi connectivity index (χ3n) is 9.09. The standard InChI is InChI=1S/C41H26N2O2S/c1-3-15-33-28(9-1)38-31(13-6-17-35(38)44-33)43(32-14-7-18-36-39(32)29-10-2-4-16-34(29)45-36)26-22-20-25(21-23-26)27-11-5-12-30-40-37(46-41(27)30)19-8-24-42-40/h1-23,42H,24H2. The number of anilines is 4. The summed E-state index contributed by atoms with van der Waals surface area (Å²) >= 11 is 1.85. The average molecular weight is 611 g/mol. The van der Waals surface area contributed by atoms with Gasteiger partial charge in [0.2, 0.25) is 0 Å². The minimum atomic E-state index is 0.862. The van der Waals surface area contributed by atoms with Crippen molar-refractivity contribution in [3.05, 3.63) is 138 Å². The summed E-state index contributed by atoms with van der Waals surface area (Å²) in [5.41, 5.74) is 10.3.